The van der Waals surface area contributed by atoms with Crippen LogP contribution in [0.1, 0.15) is 43.4 Å². The van der Waals surface area contributed by atoms with Crippen LogP contribution in [0.15, 0.2) is 70.9 Å². The monoisotopic (exact) mass is 650 g/mol. The number of rotatable bonds is 12. The zero-order valence-electron chi connectivity index (χ0n) is 25.6. The van der Waals surface area contributed by atoms with Gasteiger partial charge in [-0.2, -0.15) is 26.3 Å². The van der Waals surface area contributed by atoms with Gasteiger partial charge < -0.3 is 21.1 Å². The van der Waals surface area contributed by atoms with E-state index in [1.807, 2.05) is 23.6 Å². The van der Waals surface area contributed by atoms with Crippen LogP contribution in [0, 0.1) is 11.8 Å². The van der Waals surface area contributed by atoms with Gasteiger partial charge in [0.05, 0.1) is 23.8 Å². The molecule has 0 saturated carbocycles. The van der Waals surface area contributed by atoms with Crippen LogP contribution in [-0.4, -0.2) is 25.2 Å². The summed E-state index contributed by atoms with van der Waals surface area (Å²) in [7, 11) is 1.70. The number of alkyl halides is 6. The number of ether oxygens (including phenoxy) is 1. The first-order valence-electron chi connectivity index (χ1n) is 14.5. The van der Waals surface area contributed by atoms with Crippen molar-refractivity contribution in [3.8, 4) is 5.75 Å². The van der Waals surface area contributed by atoms with E-state index in [4.69, 9.17) is 10.5 Å². The molecule has 0 bridgehead atoms. The maximum absolute atomic E-state index is 12.6. The molecule has 0 spiro atoms. The Morgan fingerprint density at radius 3 is 2.17 bits per heavy atom. The molecule has 0 saturated heterocycles. The van der Waals surface area contributed by atoms with Gasteiger partial charge in [0.25, 0.3) is 10.9 Å². The van der Waals surface area contributed by atoms with Gasteiger partial charge in [-0.1, -0.05) is 26.3 Å². The summed E-state index contributed by atoms with van der Waals surface area (Å²) in [6.07, 6.45) is -2.65. The zero-order chi connectivity index (χ0) is 34.2. The molecule has 7 nitrogen and oxygen atoms in total. The van der Waals surface area contributed by atoms with Gasteiger partial charge in [0.2, 0.25) is 0 Å². The van der Waals surface area contributed by atoms with Crippen molar-refractivity contribution in [1.29, 1.82) is 0 Å². The number of benzene rings is 2. The zero-order valence-corrected chi connectivity index (χ0v) is 25.6. The highest BCUT2D eigenvalue weighted by Crippen LogP contribution is 2.38. The molecule has 0 aliphatic carbocycles. The van der Waals surface area contributed by atoms with Gasteiger partial charge in [0.1, 0.15) is 17.1 Å². The smallest absolute Gasteiger partial charge is 0.416 e. The molecule has 2 atom stereocenters. The van der Waals surface area contributed by atoms with Crippen LogP contribution < -0.4 is 32.0 Å². The summed E-state index contributed by atoms with van der Waals surface area (Å²) in [6.45, 7) is 10.5. The van der Waals surface area contributed by atoms with Crippen molar-refractivity contribution in [3.05, 3.63) is 98.5 Å². The summed E-state index contributed by atoms with van der Waals surface area (Å²) in [6, 6.07) is 8.87. The second kappa shape index (κ2) is 15.3. The summed E-state index contributed by atoms with van der Waals surface area (Å²) in [5.74, 6) is 2.20. The van der Waals surface area contributed by atoms with Crippen molar-refractivity contribution in [2.24, 2.45) is 11.8 Å². The minimum Gasteiger partial charge on any atom is -0.497 e. The number of nitrogen functional groups attached to an aromatic ring is 1. The topological polar surface area (TPSA) is 106 Å². The summed E-state index contributed by atoms with van der Waals surface area (Å²) in [5.41, 5.74) is 0.506. The predicted octanol–water partition coefficient (Wildman–Crippen LogP) is 7.26. The first kappa shape index (κ1) is 36.1. The summed E-state index contributed by atoms with van der Waals surface area (Å²) >= 11 is 0. The van der Waals surface area contributed by atoms with Crippen LogP contribution in [0.5, 0.6) is 5.75 Å². The number of hydrogen-bond donors (Lipinski definition) is 3. The molecular formula is C33H36F6N4O3. The number of halogens is 6. The number of hydrogen-bond acceptors (Lipinski definition) is 7. The molecule has 13 heteroatoms. The maximum atomic E-state index is 12.6. The van der Waals surface area contributed by atoms with Crippen molar-refractivity contribution in [3.63, 3.8) is 0 Å². The average Bonchev–Trinajstić information content (AvgIpc) is 3.03. The maximum Gasteiger partial charge on any atom is 0.416 e. The van der Waals surface area contributed by atoms with Crippen LogP contribution in [0.25, 0.3) is 10.9 Å². The molecule has 1 heterocycles. The Labute approximate surface area is 262 Å². The van der Waals surface area contributed by atoms with Crippen molar-refractivity contribution < 1.29 is 31.1 Å². The number of allylic oxidation sites excluding steroid dienone is 1. The van der Waals surface area contributed by atoms with Gasteiger partial charge in [-0.15, -0.1) is 6.58 Å². The Morgan fingerprint density at radius 1 is 0.978 bits per heavy atom. The number of nitrogens with zero attached hydrogens (tertiary/aromatic N) is 1. The SMILES string of the molecule is C=CC(C)C(CC)CCNCCc1ccnc2ccc(OC)cc12.Nc1c(Nc2cc(C(F)(F)F)cc(C(F)(F)F)c2)c(=O)c1=O. The third-order valence-corrected chi connectivity index (χ3v) is 7.75. The quantitative estimate of drug-likeness (QED) is 0.0642. The van der Waals surface area contributed by atoms with E-state index >= 15 is 0 Å². The summed E-state index contributed by atoms with van der Waals surface area (Å²) < 4.78 is 81.1. The Morgan fingerprint density at radius 2 is 1.63 bits per heavy atom. The van der Waals surface area contributed by atoms with Crippen LogP contribution in [0.2, 0.25) is 0 Å². The highest BCUT2D eigenvalue weighted by Gasteiger charge is 2.37. The number of anilines is 3. The highest BCUT2D eigenvalue weighted by atomic mass is 19.4. The van der Waals surface area contributed by atoms with Crippen LogP contribution in [0.4, 0.5) is 43.4 Å². The molecule has 4 rings (SSSR count). The van der Waals surface area contributed by atoms with Gasteiger partial charge >= 0.3 is 12.4 Å². The Balaban J connectivity index is 0.000000251. The van der Waals surface area contributed by atoms with E-state index in [0.717, 1.165) is 36.7 Å². The van der Waals surface area contributed by atoms with E-state index in [1.54, 1.807) is 7.11 Å². The van der Waals surface area contributed by atoms with E-state index in [1.165, 1.54) is 23.8 Å². The van der Waals surface area contributed by atoms with Crippen LogP contribution in [0.3, 0.4) is 0 Å². The number of nitrogens with two attached hydrogens (primary N) is 1. The Kier molecular flexibility index (Phi) is 12.0. The van der Waals surface area contributed by atoms with Gasteiger partial charge in [0, 0.05) is 17.3 Å². The second-order valence-electron chi connectivity index (χ2n) is 10.8. The minimum atomic E-state index is -5.02. The van der Waals surface area contributed by atoms with E-state index in [2.05, 4.69) is 48.9 Å². The third kappa shape index (κ3) is 9.09. The Hall–Kier alpha value is -4.39. The van der Waals surface area contributed by atoms with Crippen molar-refractivity contribution >= 4 is 28.0 Å². The molecule has 46 heavy (non-hydrogen) atoms. The van der Waals surface area contributed by atoms with E-state index in [9.17, 15) is 35.9 Å². The van der Waals surface area contributed by atoms with Gasteiger partial charge in [-0.05, 0) is 85.8 Å². The van der Waals surface area contributed by atoms with Gasteiger partial charge in [-0.3, -0.25) is 14.6 Å². The van der Waals surface area contributed by atoms with Crippen LogP contribution >= 0.6 is 0 Å². The number of aromatic nitrogens is 1. The first-order chi connectivity index (χ1) is 21.6. The normalized spacial score (nSPS) is 13.2. The van der Waals surface area contributed by atoms with Gasteiger partial charge in [0.15, 0.2) is 0 Å². The number of nitrogens with one attached hydrogen (secondary N) is 2. The summed E-state index contributed by atoms with van der Waals surface area (Å²) in [4.78, 5) is 26.5. The Bertz CT molecular complexity index is 1680. The third-order valence-electron chi connectivity index (χ3n) is 7.75. The van der Waals surface area contributed by atoms with E-state index in [-0.39, 0.29) is 6.07 Å². The van der Waals surface area contributed by atoms with Crippen molar-refractivity contribution in [1.82, 2.24) is 10.3 Å². The van der Waals surface area contributed by atoms with Crippen molar-refractivity contribution in [2.75, 3.05) is 31.2 Å². The fourth-order valence-corrected chi connectivity index (χ4v) is 4.90. The summed E-state index contributed by atoms with van der Waals surface area (Å²) in [5, 5.41) is 6.79. The molecule has 1 aromatic heterocycles. The molecule has 4 N–H and O–H groups in total. The number of fused-ring (bicyclic) bond motifs is 1. The number of pyridine rings is 1. The molecule has 0 radical (unpaired) electrons. The molecule has 3 aromatic carbocycles. The lowest BCUT2D eigenvalue weighted by molar-refractivity contribution is -0.143. The predicted molar refractivity (Wildman–Crippen MR) is 168 cm³/mol. The fourth-order valence-electron chi connectivity index (χ4n) is 4.90. The molecule has 248 valence electrons. The average molecular weight is 651 g/mol. The van der Waals surface area contributed by atoms with E-state index < -0.39 is 51.4 Å². The van der Waals surface area contributed by atoms with Gasteiger partial charge in [-0.25, -0.2) is 0 Å². The lowest BCUT2D eigenvalue weighted by atomic mass is 9.89. The highest BCUT2D eigenvalue weighted by molar-refractivity contribution is 5.83. The standard InChI is InChI=1S/C21H30N2O.C12H6F6N2O2/c1-5-16(3)17(6-2)9-12-22-13-10-18-11-14-23-21-8-7-19(24-4)15-20(18)21;13-11(14,15)4-1-5(12(16,17)18)3-6(2-4)20-8-7(19)9(21)10(8)22/h5,7-8,11,14-17,22H,1,6,9-10,12-13H2,2-4H3;1-3,20H,19H2. The molecule has 0 amide bonds. The fraction of sp³-hybridized carbons (Fsp3) is 0.364. The number of methoxy groups -OCH3 is 1. The van der Waals surface area contributed by atoms with Crippen LogP contribution in [-0.2, 0) is 18.8 Å². The molecule has 4 aromatic rings. The first-order valence-corrected chi connectivity index (χ1v) is 14.5. The molecule has 0 fully saturated rings. The van der Waals surface area contributed by atoms with E-state index in [0.29, 0.717) is 18.1 Å². The largest absolute Gasteiger partial charge is 0.497 e. The molecule has 2 unspecified atom stereocenters. The lowest BCUT2D eigenvalue weighted by Gasteiger charge is -2.19. The second-order valence-corrected chi connectivity index (χ2v) is 10.8. The minimum absolute atomic E-state index is 0.0589. The lowest BCUT2D eigenvalue weighted by Crippen LogP contribution is -2.36. The molecular weight excluding hydrogens is 614 g/mol. The van der Waals surface area contributed by atoms with Crippen molar-refractivity contribution in [2.45, 2.75) is 45.5 Å². The molecule has 0 aliphatic heterocycles. The molecule has 0 aliphatic rings.